The number of carbonyl (C=O) groups is 1. The van der Waals surface area contributed by atoms with Crippen LogP contribution in [0.4, 0.5) is 0 Å². The highest BCUT2D eigenvalue weighted by Gasteiger charge is 2.15. The number of H-pyrrole nitrogens is 1. The number of rotatable bonds is 4. The number of fused-ring (bicyclic) bond motifs is 1. The standard InChI is InChI=1S/C20H17N5O2/c1-13(14-6-8-15(9-7-14)25-12-21-11-22-25)23-20(27)17-10-19(26)24-18-5-3-2-4-16(17)18/h2-13H,1H3,(H,23,27)(H,24,26). The summed E-state index contributed by atoms with van der Waals surface area (Å²) in [4.78, 5) is 31.3. The average molecular weight is 359 g/mol. The Balaban J connectivity index is 1.57. The molecule has 1 atom stereocenters. The lowest BCUT2D eigenvalue weighted by atomic mass is 10.1. The summed E-state index contributed by atoms with van der Waals surface area (Å²) < 4.78 is 1.66. The van der Waals surface area contributed by atoms with Crippen LogP contribution in [0.2, 0.25) is 0 Å². The zero-order valence-corrected chi connectivity index (χ0v) is 14.6. The molecule has 4 rings (SSSR count). The van der Waals surface area contributed by atoms with Gasteiger partial charge in [0.1, 0.15) is 12.7 Å². The lowest BCUT2D eigenvalue weighted by Gasteiger charge is -2.15. The Morgan fingerprint density at radius 3 is 2.67 bits per heavy atom. The van der Waals surface area contributed by atoms with Crippen LogP contribution in [0.3, 0.4) is 0 Å². The summed E-state index contributed by atoms with van der Waals surface area (Å²) >= 11 is 0. The van der Waals surface area contributed by atoms with Gasteiger partial charge in [-0.2, -0.15) is 5.10 Å². The number of carbonyl (C=O) groups excluding carboxylic acids is 1. The number of benzene rings is 2. The van der Waals surface area contributed by atoms with Gasteiger partial charge in [-0.25, -0.2) is 9.67 Å². The third kappa shape index (κ3) is 3.35. The molecule has 0 spiro atoms. The molecule has 1 unspecified atom stereocenters. The topological polar surface area (TPSA) is 92.7 Å². The average Bonchev–Trinajstić information content (AvgIpc) is 3.22. The summed E-state index contributed by atoms with van der Waals surface area (Å²) in [6.45, 7) is 1.90. The van der Waals surface area contributed by atoms with E-state index in [0.29, 0.717) is 16.5 Å². The van der Waals surface area contributed by atoms with Crippen LogP contribution in [0.1, 0.15) is 28.9 Å². The van der Waals surface area contributed by atoms with Gasteiger partial charge in [-0.3, -0.25) is 9.59 Å². The van der Waals surface area contributed by atoms with Crippen molar-refractivity contribution in [3.63, 3.8) is 0 Å². The summed E-state index contributed by atoms with van der Waals surface area (Å²) in [5.41, 5.74) is 2.53. The Morgan fingerprint density at radius 1 is 1.15 bits per heavy atom. The van der Waals surface area contributed by atoms with E-state index in [0.717, 1.165) is 11.3 Å². The number of aromatic amines is 1. The van der Waals surface area contributed by atoms with Gasteiger partial charge in [0.05, 0.1) is 17.3 Å². The summed E-state index contributed by atoms with van der Waals surface area (Å²) in [7, 11) is 0. The van der Waals surface area contributed by atoms with Crippen LogP contribution in [0.15, 0.2) is 72.0 Å². The first-order valence-electron chi connectivity index (χ1n) is 8.50. The van der Waals surface area contributed by atoms with Crippen LogP contribution < -0.4 is 10.9 Å². The SMILES string of the molecule is CC(NC(=O)c1cc(=O)[nH]c2ccccc12)c1ccc(-n2cncn2)cc1. The molecule has 0 bridgehead atoms. The number of hydrogen-bond donors (Lipinski definition) is 2. The second kappa shape index (κ2) is 6.87. The molecule has 0 aliphatic heterocycles. The second-order valence-corrected chi connectivity index (χ2v) is 6.22. The largest absolute Gasteiger partial charge is 0.345 e. The fourth-order valence-electron chi connectivity index (χ4n) is 3.01. The summed E-state index contributed by atoms with van der Waals surface area (Å²) in [5, 5.41) is 7.76. The Labute approximate surface area is 154 Å². The summed E-state index contributed by atoms with van der Waals surface area (Å²) in [5.74, 6) is -0.287. The minimum absolute atomic E-state index is 0.222. The van der Waals surface area contributed by atoms with Crippen molar-refractivity contribution >= 4 is 16.8 Å². The number of aromatic nitrogens is 4. The lowest BCUT2D eigenvalue weighted by molar-refractivity contribution is 0.0941. The van der Waals surface area contributed by atoms with E-state index in [1.807, 2.05) is 49.4 Å². The van der Waals surface area contributed by atoms with Crippen molar-refractivity contribution in [2.45, 2.75) is 13.0 Å². The maximum absolute atomic E-state index is 12.8. The Kier molecular flexibility index (Phi) is 4.25. The molecule has 1 amide bonds. The van der Waals surface area contributed by atoms with E-state index in [2.05, 4.69) is 20.4 Å². The first kappa shape index (κ1) is 16.7. The minimum Gasteiger partial charge on any atom is -0.345 e. The molecule has 0 saturated carbocycles. The van der Waals surface area contributed by atoms with Crippen LogP contribution >= 0.6 is 0 Å². The van der Waals surface area contributed by atoms with E-state index in [1.54, 1.807) is 17.1 Å². The molecule has 0 saturated heterocycles. The summed E-state index contributed by atoms with van der Waals surface area (Å²) in [6.07, 6.45) is 3.10. The van der Waals surface area contributed by atoms with Gasteiger partial charge >= 0.3 is 0 Å². The van der Waals surface area contributed by atoms with Gasteiger partial charge < -0.3 is 10.3 Å². The molecular weight excluding hydrogens is 342 g/mol. The number of para-hydroxylation sites is 1. The first-order valence-corrected chi connectivity index (χ1v) is 8.50. The highest BCUT2D eigenvalue weighted by atomic mass is 16.2. The van der Waals surface area contributed by atoms with Crippen molar-refractivity contribution in [2.24, 2.45) is 0 Å². The Bertz CT molecular complexity index is 1150. The second-order valence-electron chi connectivity index (χ2n) is 6.22. The smallest absolute Gasteiger partial charge is 0.252 e. The van der Waals surface area contributed by atoms with E-state index in [9.17, 15) is 9.59 Å². The highest BCUT2D eigenvalue weighted by Crippen LogP contribution is 2.18. The van der Waals surface area contributed by atoms with Gasteiger partial charge in [-0.15, -0.1) is 0 Å². The van der Waals surface area contributed by atoms with Crippen molar-refractivity contribution in [3.8, 4) is 5.69 Å². The van der Waals surface area contributed by atoms with Gasteiger partial charge in [0.15, 0.2) is 0 Å². The van der Waals surface area contributed by atoms with Crippen LogP contribution in [0, 0.1) is 0 Å². The van der Waals surface area contributed by atoms with Gasteiger partial charge in [0.2, 0.25) is 5.56 Å². The maximum Gasteiger partial charge on any atom is 0.252 e. The predicted molar refractivity (Wildman–Crippen MR) is 102 cm³/mol. The number of hydrogen-bond acceptors (Lipinski definition) is 4. The number of amides is 1. The molecule has 2 heterocycles. The van der Waals surface area contributed by atoms with Crippen molar-refractivity contribution in [1.82, 2.24) is 25.1 Å². The molecule has 0 radical (unpaired) electrons. The van der Waals surface area contributed by atoms with E-state index in [1.165, 1.54) is 12.4 Å². The molecule has 0 aliphatic carbocycles. The number of nitrogens with zero attached hydrogens (tertiary/aromatic N) is 3. The molecular formula is C20H17N5O2. The molecule has 27 heavy (non-hydrogen) atoms. The van der Waals surface area contributed by atoms with E-state index in [-0.39, 0.29) is 17.5 Å². The van der Waals surface area contributed by atoms with Crippen LogP contribution in [0.25, 0.3) is 16.6 Å². The van der Waals surface area contributed by atoms with Gasteiger partial charge in [-0.05, 0) is 30.7 Å². The highest BCUT2D eigenvalue weighted by molar-refractivity contribution is 6.06. The normalized spacial score (nSPS) is 12.0. The van der Waals surface area contributed by atoms with Crippen LogP contribution in [-0.2, 0) is 0 Å². The zero-order valence-electron chi connectivity index (χ0n) is 14.6. The van der Waals surface area contributed by atoms with Gasteiger partial charge in [0.25, 0.3) is 5.91 Å². The molecule has 0 aliphatic rings. The quantitative estimate of drug-likeness (QED) is 0.586. The Morgan fingerprint density at radius 2 is 1.93 bits per heavy atom. The molecule has 134 valence electrons. The molecule has 7 heteroatoms. The van der Waals surface area contributed by atoms with E-state index in [4.69, 9.17) is 0 Å². The van der Waals surface area contributed by atoms with Crippen molar-refractivity contribution in [3.05, 3.63) is 88.7 Å². The molecule has 2 N–H and O–H groups in total. The zero-order chi connectivity index (χ0) is 18.8. The van der Waals surface area contributed by atoms with E-state index < -0.39 is 0 Å². The Hall–Kier alpha value is -3.74. The lowest BCUT2D eigenvalue weighted by Crippen LogP contribution is -2.28. The predicted octanol–water partition coefficient (Wildman–Crippen LogP) is 2.60. The molecule has 0 fully saturated rings. The van der Waals surface area contributed by atoms with Crippen molar-refractivity contribution < 1.29 is 4.79 Å². The third-order valence-electron chi connectivity index (χ3n) is 4.42. The fourth-order valence-corrected chi connectivity index (χ4v) is 3.01. The third-order valence-corrected chi connectivity index (χ3v) is 4.42. The minimum atomic E-state index is -0.302. The molecule has 2 aromatic heterocycles. The van der Waals surface area contributed by atoms with Crippen LogP contribution in [-0.4, -0.2) is 25.7 Å². The molecule has 7 nitrogen and oxygen atoms in total. The maximum atomic E-state index is 12.8. The number of pyridine rings is 1. The molecule has 2 aromatic carbocycles. The number of nitrogens with one attached hydrogen (secondary N) is 2. The van der Waals surface area contributed by atoms with Gasteiger partial charge in [0, 0.05) is 17.0 Å². The van der Waals surface area contributed by atoms with E-state index >= 15 is 0 Å². The van der Waals surface area contributed by atoms with Crippen molar-refractivity contribution in [1.29, 1.82) is 0 Å². The fraction of sp³-hybridized carbons (Fsp3) is 0.100. The molecule has 4 aromatic rings. The summed E-state index contributed by atoms with van der Waals surface area (Å²) in [6, 6.07) is 16.0. The first-order chi connectivity index (χ1) is 13.1. The van der Waals surface area contributed by atoms with Crippen molar-refractivity contribution in [2.75, 3.05) is 0 Å². The van der Waals surface area contributed by atoms with Crippen LogP contribution in [0.5, 0.6) is 0 Å². The van der Waals surface area contributed by atoms with Gasteiger partial charge in [-0.1, -0.05) is 30.3 Å². The monoisotopic (exact) mass is 359 g/mol.